The van der Waals surface area contributed by atoms with E-state index in [1.54, 1.807) is 18.2 Å². The summed E-state index contributed by atoms with van der Waals surface area (Å²) in [6.45, 7) is 0. The summed E-state index contributed by atoms with van der Waals surface area (Å²) in [4.78, 5) is 7.92. The summed E-state index contributed by atoms with van der Waals surface area (Å²) < 4.78 is 38.8. The average Bonchev–Trinajstić information content (AvgIpc) is 3.09. The van der Waals surface area contributed by atoms with E-state index < -0.39 is 11.7 Å². The fourth-order valence-corrected chi connectivity index (χ4v) is 2.00. The van der Waals surface area contributed by atoms with Crippen LogP contribution < -0.4 is 11.1 Å². The summed E-state index contributed by atoms with van der Waals surface area (Å²) in [5.41, 5.74) is 4.82. The molecule has 1 aliphatic rings. The zero-order valence-corrected chi connectivity index (χ0v) is 9.83. The number of halogens is 3. The minimum Gasteiger partial charge on any atom is -0.399 e. The van der Waals surface area contributed by atoms with Crippen molar-refractivity contribution >= 4 is 22.4 Å². The molecule has 1 saturated carbocycles. The highest BCUT2D eigenvalue weighted by Gasteiger charge is 2.63. The van der Waals surface area contributed by atoms with Gasteiger partial charge in [-0.15, -0.1) is 0 Å². The highest BCUT2D eigenvalue weighted by atomic mass is 19.4. The van der Waals surface area contributed by atoms with Crippen molar-refractivity contribution in [2.75, 3.05) is 11.1 Å². The number of rotatable bonds is 2. The van der Waals surface area contributed by atoms with Gasteiger partial charge in [0.15, 0.2) is 0 Å². The number of nitrogens with two attached hydrogens (primary N) is 1. The monoisotopic (exact) mass is 268 g/mol. The molecule has 0 unspecified atom stereocenters. The van der Waals surface area contributed by atoms with Crippen molar-refractivity contribution in [1.82, 2.24) is 9.97 Å². The van der Waals surface area contributed by atoms with Crippen molar-refractivity contribution in [1.29, 1.82) is 0 Å². The molecule has 19 heavy (non-hydrogen) atoms. The average molecular weight is 268 g/mol. The van der Waals surface area contributed by atoms with Crippen LogP contribution in [0.3, 0.4) is 0 Å². The van der Waals surface area contributed by atoms with Crippen molar-refractivity contribution < 1.29 is 13.2 Å². The fraction of sp³-hybridized carbons (Fsp3) is 0.333. The molecule has 4 nitrogen and oxygen atoms in total. The molecular formula is C12H11F3N4. The number of aromatic nitrogens is 2. The zero-order chi connectivity index (χ0) is 13.7. The largest absolute Gasteiger partial charge is 0.411 e. The Morgan fingerprint density at radius 1 is 1.21 bits per heavy atom. The van der Waals surface area contributed by atoms with E-state index in [2.05, 4.69) is 15.3 Å². The molecule has 1 fully saturated rings. The van der Waals surface area contributed by atoms with Gasteiger partial charge in [-0.1, -0.05) is 0 Å². The van der Waals surface area contributed by atoms with Gasteiger partial charge in [-0.3, -0.25) is 0 Å². The van der Waals surface area contributed by atoms with E-state index in [0.717, 1.165) is 0 Å². The van der Waals surface area contributed by atoms with Crippen LogP contribution in [-0.2, 0) is 0 Å². The van der Waals surface area contributed by atoms with Crippen molar-refractivity contribution in [2.24, 2.45) is 0 Å². The summed E-state index contributed by atoms with van der Waals surface area (Å²) in [7, 11) is 0. The Balaban J connectivity index is 2.03. The summed E-state index contributed by atoms with van der Waals surface area (Å²) >= 11 is 0. The van der Waals surface area contributed by atoms with Gasteiger partial charge < -0.3 is 11.1 Å². The second-order valence-electron chi connectivity index (χ2n) is 4.70. The molecule has 0 saturated heterocycles. The first-order chi connectivity index (χ1) is 8.91. The Morgan fingerprint density at radius 2 is 1.95 bits per heavy atom. The first-order valence-electron chi connectivity index (χ1n) is 5.76. The molecule has 1 aromatic carbocycles. The lowest BCUT2D eigenvalue weighted by atomic mass is 10.2. The molecule has 3 rings (SSSR count). The number of nitrogen functional groups attached to an aromatic ring is 1. The molecule has 1 aliphatic carbocycles. The van der Waals surface area contributed by atoms with Gasteiger partial charge >= 0.3 is 6.18 Å². The number of hydrogen-bond donors (Lipinski definition) is 2. The van der Waals surface area contributed by atoms with Gasteiger partial charge in [-0.05, 0) is 31.0 Å². The molecule has 0 radical (unpaired) electrons. The predicted molar refractivity (Wildman–Crippen MR) is 65.6 cm³/mol. The molecule has 7 heteroatoms. The number of nitrogens with zero attached hydrogens (tertiary/aromatic N) is 2. The molecule has 100 valence electrons. The highest BCUT2D eigenvalue weighted by molar-refractivity contribution is 5.91. The predicted octanol–water partition coefficient (Wildman–Crippen LogP) is 2.72. The van der Waals surface area contributed by atoms with Gasteiger partial charge in [-0.2, -0.15) is 13.2 Å². The van der Waals surface area contributed by atoms with Gasteiger partial charge in [0.2, 0.25) is 0 Å². The van der Waals surface area contributed by atoms with E-state index in [-0.39, 0.29) is 18.7 Å². The van der Waals surface area contributed by atoms with E-state index in [1.807, 2.05) is 0 Å². The molecule has 1 heterocycles. The third-order valence-electron chi connectivity index (χ3n) is 3.31. The number of benzene rings is 1. The number of alkyl halides is 3. The van der Waals surface area contributed by atoms with Gasteiger partial charge in [0.05, 0.1) is 5.52 Å². The highest BCUT2D eigenvalue weighted by Crippen LogP contribution is 2.51. The lowest BCUT2D eigenvalue weighted by molar-refractivity contribution is -0.151. The van der Waals surface area contributed by atoms with E-state index in [4.69, 9.17) is 5.73 Å². The van der Waals surface area contributed by atoms with E-state index in [9.17, 15) is 13.2 Å². The van der Waals surface area contributed by atoms with Crippen molar-refractivity contribution in [3.8, 4) is 0 Å². The van der Waals surface area contributed by atoms with Crippen LogP contribution in [0.2, 0.25) is 0 Å². The van der Waals surface area contributed by atoms with Gasteiger partial charge in [0.25, 0.3) is 0 Å². The summed E-state index contributed by atoms with van der Waals surface area (Å²) in [5, 5.41) is 3.05. The van der Waals surface area contributed by atoms with Crippen LogP contribution in [0, 0.1) is 0 Å². The van der Waals surface area contributed by atoms with Gasteiger partial charge in [0.1, 0.15) is 17.7 Å². The second kappa shape index (κ2) is 3.72. The van der Waals surface area contributed by atoms with Crippen LogP contribution in [0.1, 0.15) is 12.8 Å². The second-order valence-corrected chi connectivity index (χ2v) is 4.70. The Kier molecular flexibility index (Phi) is 2.35. The summed E-state index contributed by atoms with van der Waals surface area (Å²) in [6, 6.07) is 4.85. The fourth-order valence-electron chi connectivity index (χ4n) is 2.00. The minimum atomic E-state index is -4.28. The zero-order valence-electron chi connectivity index (χ0n) is 9.83. The SMILES string of the molecule is Nc1ccc2c(NC3(C(F)(F)F)CC3)ncnc2c1. The molecule has 0 bridgehead atoms. The van der Waals surface area contributed by atoms with Crippen LogP contribution in [0.15, 0.2) is 24.5 Å². The Morgan fingerprint density at radius 3 is 2.58 bits per heavy atom. The molecule has 0 aliphatic heterocycles. The lowest BCUT2D eigenvalue weighted by Gasteiger charge is -2.21. The van der Waals surface area contributed by atoms with Crippen LogP contribution in [0.4, 0.5) is 24.7 Å². The summed E-state index contributed by atoms with van der Waals surface area (Å²) in [6.07, 6.45) is -2.91. The Labute approximate surface area is 106 Å². The van der Waals surface area contributed by atoms with E-state index >= 15 is 0 Å². The van der Waals surface area contributed by atoms with Crippen LogP contribution in [0.5, 0.6) is 0 Å². The van der Waals surface area contributed by atoms with Crippen LogP contribution >= 0.6 is 0 Å². The van der Waals surface area contributed by atoms with E-state index in [0.29, 0.717) is 16.6 Å². The summed E-state index contributed by atoms with van der Waals surface area (Å²) in [5.74, 6) is 0.194. The molecule has 0 spiro atoms. The molecular weight excluding hydrogens is 257 g/mol. The molecule has 0 amide bonds. The van der Waals surface area contributed by atoms with Crippen molar-refractivity contribution in [3.05, 3.63) is 24.5 Å². The smallest absolute Gasteiger partial charge is 0.399 e. The maximum atomic E-state index is 12.9. The molecule has 0 atom stereocenters. The maximum Gasteiger partial charge on any atom is 0.411 e. The molecule has 3 N–H and O–H groups in total. The first kappa shape index (κ1) is 12.0. The quantitative estimate of drug-likeness (QED) is 0.822. The van der Waals surface area contributed by atoms with E-state index in [1.165, 1.54) is 6.33 Å². The van der Waals surface area contributed by atoms with Crippen LogP contribution in [0.25, 0.3) is 10.9 Å². The van der Waals surface area contributed by atoms with Gasteiger partial charge in [-0.25, -0.2) is 9.97 Å². The van der Waals surface area contributed by atoms with Crippen molar-refractivity contribution in [2.45, 2.75) is 24.6 Å². The topological polar surface area (TPSA) is 63.8 Å². The van der Waals surface area contributed by atoms with Crippen molar-refractivity contribution in [3.63, 3.8) is 0 Å². The number of hydrogen-bond acceptors (Lipinski definition) is 4. The maximum absolute atomic E-state index is 12.9. The Bertz CT molecular complexity index is 634. The molecule has 1 aromatic heterocycles. The number of fused-ring (bicyclic) bond motifs is 1. The lowest BCUT2D eigenvalue weighted by Crippen LogP contribution is -2.39. The first-order valence-corrected chi connectivity index (χ1v) is 5.76. The molecule has 2 aromatic rings. The Hall–Kier alpha value is -2.05. The normalized spacial score (nSPS) is 17.4. The van der Waals surface area contributed by atoms with Gasteiger partial charge in [0, 0.05) is 11.1 Å². The standard InChI is InChI=1S/C12H11F3N4/c13-12(14,15)11(3-4-11)19-10-8-2-1-7(16)5-9(8)17-6-18-10/h1-2,5-6H,3-4,16H2,(H,17,18,19). The number of nitrogens with one attached hydrogen (secondary N) is 1. The minimum absolute atomic E-state index is 0.0664. The third-order valence-corrected chi connectivity index (χ3v) is 3.31. The van der Waals surface area contributed by atoms with Crippen LogP contribution in [-0.4, -0.2) is 21.7 Å². The third kappa shape index (κ3) is 1.94. The number of anilines is 2.